The molecule has 0 spiro atoms. The maximum atomic E-state index is 4.81. The minimum absolute atomic E-state index is 0.370. The number of rotatable bonds is 1. The van der Waals surface area contributed by atoms with Crippen molar-refractivity contribution in [3.63, 3.8) is 0 Å². The molecule has 0 saturated carbocycles. The topological polar surface area (TPSA) is 9.23 Å². The molecule has 0 fully saturated rings. The van der Waals surface area contributed by atoms with E-state index in [0.717, 1.165) is 0 Å². The standard InChI is InChI=1S/C5H6O/c1-4-5(2)6-3/h1H,2H2,3H3. The lowest BCUT2D eigenvalue weighted by Crippen LogP contribution is -1.74. The second-order valence-corrected chi connectivity index (χ2v) is 0.772. The van der Waals surface area contributed by atoms with Gasteiger partial charge in [-0.25, -0.2) is 0 Å². The van der Waals surface area contributed by atoms with Crippen LogP contribution in [0.25, 0.3) is 0 Å². The maximum absolute atomic E-state index is 4.81. The molecule has 0 atom stereocenters. The van der Waals surface area contributed by atoms with Crippen molar-refractivity contribution in [1.29, 1.82) is 0 Å². The average molecular weight is 82.1 g/mol. The molecule has 0 amide bonds. The number of methoxy groups -OCH3 is 1. The molecule has 1 nitrogen and oxygen atoms in total. The monoisotopic (exact) mass is 82.0 g/mol. The lowest BCUT2D eigenvalue weighted by atomic mass is 10.6. The van der Waals surface area contributed by atoms with Crippen LogP contribution in [0.4, 0.5) is 0 Å². The third kappa shape index (κ3) is 1.42. The predicted octanol–water partition coefficient (Wildman–Crippen LogP) is 0.780. The fourth-order valence-electron chi connectivity index (χ4n) is 0.0589. The van der Waals surface area contributed by atoms with Crippen LogP contribution in [-0.4, -0.2) is 7.11 Å². The van der Waals surface area contributed by atoms with Gasteiger partial charge in [0.1, 0.15) is 0 Å². The van der Waals surface area contributed by atoms with E-state index >= 15 is 0 Å². The summed E-state index contributed by atoms with van der Waals surface area (Å²) in [6, 6.07) is 0. The number of ether oxygens (including phenoxy) is 1. The molecule has 6 heavy (non-hydrogen) atoms. The Morgan fingerprint density at radius 2 is 2.50 bits per heavy atom. The Kier molecular flexibility index (Phi) is 1.99. The van der Waals surface area contributed by atoms with Gasteiger partial charge >= 0.3 is 0 Å². The van der Waals surface area contributed by atoms with Crippen molar-refractivity contribution >= 4 is 0 Å². The Morgan fingerprint density at radius 1 is 2.00 bits per heavy atom. The van der Waals surface area contributed by atoms with Crippen molar-refractivity contribution in [2.24, 2.45) is 0 Å². The molecule has 32 valence electrons. The molecule has 1 heteroatoms. The van der Waals surface area contributed by atoms with Crippen LogP contribution in [0.3, 0.4) is 0 Å². The second kappa shape index (κ2) is 2.34. The molecule has 0 N–H and O–H groups in total. The van der Waals surface area contributed by atoms with Crippen molar-refractivity contribution in [1.82, 2.24) is 0 Å². The first kappa shape index (κ1) is 5.10. The van der Waals surface area contributed by atoms with Crippen LogP contribution in [0.15, 0.2) is 12.3 Å². The molecular weight excluding hydrogens is 76.1 g/mol. The molecule has 0 radical (unpaired) electrons. The summed E-state index contributed by atoms with van der Waals surface area (Å²) >= 11 is 0. The van der Waals surface area contributed by atoms with E-state index in [-0.39, 0.29) is 0 Å². The van der Waals surface area contributed by atoms with Gasteiger partial charge in [-0.1, -0.05) is 0 Å². The molecular formula is C5H6O. The minimum Gasteiger partial charge on any atom is -0.489 e. The van der Waals surface area contributed by atoms with Gasteiger partial charge in [0.05, 0.1) is 7.11 Å². The Hall–Kier alpha value is -0.900. The summed E-state index contributed by atoms with van der Waals surface area (Å²) in [6.45, 7) is 3.33. The molecule has 0 aliphatic rings. The van der Waals surface area contributed by atoms with Crippen molar-refractivity contribution in [2.75, 3.05) is 7.11 Å². The smallest absolute Gasteiger partial charge is 0.162 e. The van der Waals surface area contributed by atoms with E-state index in [1.165, 1.54) is 7.11 Å². The summed E-state index contributed by atoms with van der Waals surface area (Å²) in [4.78, 5) is 0. The van der Waals surface area contributed by atoms with Crippen LogP contribution in [0.2, 0.25) is 0 Å². The van der Waals surface area contributed by atoms with E-state index in [1.807, 2.05) is 0 Å². The Labute approximate surface area is 37.6 Å². The van der Waals surface area contributed by atoms with Gasteiger partial charge in [-0.3, -0.25) is 0 Å². The molecule has 0 bridgehead atoms. The summed E-state index contributed by atoms with van der Waals surface area (Å²) < 4.78 is 4.47. The zero-order valence-electron chi connectivity index (χ0n) is 3.69. The molecule has 0 unspecified atom stereocenters. The lowest BCUT2D eigenvalue weighted by Gasteiger charge is -1.87. The van der Waals surface area contributed by atoms with Crippen molar-refractivity contribution in [3.8, 4) is 12.3 Å². The first-order chi connectivity index (χ1) is 2.81. The molecule has 0 rings (SSSR count). The summed E-state index contributed by atoms with van der Waals surface area (Å²) in [6.07, 6.45) is 4.81. The number of terminal acetylenes is 1. The maximum Gasteiger partial charge on any atom is 0.162 e. The largest absolute Gasteiger partial charge is 0.489 e. The normalized spacial score (nSPS) is 6.00. The van der Waals surface area contributed by atoms with Crippen LogP contribution in [-0.2, 0) is 4.74 Å². The van der Waals surface area contributed by atoms with Gasteiger partial charge in [-0.05, 0) is 12.5 Å². The predicted molar refractivity (Wildman–Crippen MR) is 25.0 cm³/mol. The van der Waals surface area contributed by atoms with E-state index in [9.17, 15) is 0 Å². The highest BCUT2D eigenvalue weighted by atomic mass is 16.5. The summed E-state index contributed by atoms with van der Waals surface area (Å²) in [7, 11) is 1.49. The van der Waals surface area contributed by atoms with Gasteiger partial charge in [0.25, 0.3) is 0 Å². The second-order valence-electron chi connectivity index (χ2n) is 0.772. The lowest BCUT2D eigenvalue weighted by molar-refractivity contribution is 0.313. The van der Waals surface area contributed by atoms with Crippen LogP contribution in [0, 0.1) is 12.3 Å². The van der Waals surface area contributed by atoms with E-state index in [4.69, 9.17) is 6.42 Å². The van der Waals surface area contributed by atoms with Crippen LogP contribution >= 0.6 is 0 Å². The van der Waals surface area contributed by atoms with Gasteiger partial charge in [-0.2, -0.15) is 0 Å². The van der Waals surface area contributed by atoms with Crippen molar-refractivity contribution in [2.45, 2.75) is 0 Å². The van der Waals surface area contributed by atoms with Crippen molar-refractivity contribution in [3.05, 3.63) is 12.3 Å². The average Bonchev–Trinajstić information content (AvgIpc) is 1.65. The Bertz CT molecular complexity index is 86.6. The highest BCUT2D eigenvalue weighted by Gasteiger charge is 1.72. The van der Waals surface area contributed by atoms with Gasteiger partial charge in [0.15, 0.2) is 5.76 Å². The van der Waals surface area contributed by atoms with Crippen LogP contribution in [0.1, 0.15) is 0 Å². The Morgan fingerprint density at radius 3 is 2.50 bits per heavy atom. The minimum atomic E-state index is 0.370. The molecule has 0 saturated heterocycles. The highest BCUT2D eigenvalue weighted by molar-refractivity contribution is 5.13. The molecule has 0 aromatic rings. The van der Waals surface area contributed by atoms with Crippen LogP contribution in [0.5, 0.6) is 0 Å². The first-order valence-corrected chi connectivity index (χ1v) is 1.50. The van der Waals surface area contributed by atoms with Gasteiger partial charge < -0.3 is 4.74 Å². The molecule has 0 aromatic carbocycles. The zero-order chi connectivity index (χ0) is 4.99. The van der Waals surface area contributed by atoms with Gasteiger partial charge in [0, 0.05) is 0 Å². The summed E-state index contributed by atoms with van der Waals surface area (Å²) in [5.41, 5.74) is 0. The highest BCUT2D eigenvalue weighted by Crippen LogP contribution is 1.81. The number of allylic oxidation sites excluding steroid dienone is 1. The van der Waals surface area contributed by atoms with Crippen LogP contribution < -0.4 is 0 Å². The molecule has 0 aliphatic carbocycles. The fraction of sp³-hybridized carbons (Fsp3) is 0.200. The fourth-order valence-corrected chi connectivity index (χ4v) is 0.0589. The third-order valence-corrected chi connectivity index (χ3v) is 0.407. The summed E-state index contributed by atoms with van der Waals surface area (Å²) in [5.74, 6) is 2.57. The molecule has 0 aliphatic heterocycles. The Balaban J connectivity index is 3.33. The first-order valence-electron chi connectivity index (χ1n) is 1.50. The van der Waals surface area contributed by atoms with Crippen molar-refractivity contribution < 1.29 is 4.74 Å². The summed E-state index contributed by atoms with van der Waals surface area (Å²) in [5, 5.41) is 0. The SMILES string of the molecule is C#CC(=C)OC. The quantitative estimate of drug-likeness (QED) is 0.335. The van der Waals surface area contributed by atoms with Gasteiger partial charge in [-0.15, -0.1) is 6.42 Å². The van der Waals surface area contributed by atoms with Gasteiger partial charge in [0.2, 0.25) is 0 Å². The van der Waals surface area contributed by atoms with E-state index in [0.29, 0.717) is 5.76 Å². The van der Waals surface area contributed by atoms with E-state index < -0.39 is 0 Å². The molecule has 0 heterocycles. The number of hydrogen-bond donors (Lipinski definition) is 0. The van der Waals surface area contributed by atoms with E-state index in [2.05, 4.69) is 17.2 Å². The molecule has 0 aromatic heterocycles. The van der Waals surface area contributed by atoms with E-state index in [1.54, 1.807) is 0 Å². The third-order valence-electron chi connectivity index (χ3n) is 0.407. The number of hydrogen-bond acceptors (Lipinski definition) is 1. The zero-order valence-corrected chi connectivity index (χ0v) is 3.69.